The van der Waals surface area contributed by atoms with Crippen molar-refractivity contribution < 1.29 is 15.3 Å². The van der Waals surface area contributed by atoms with Crippen LogP contribution >= 0.6 is 0 Å². The van der Waals surface area contributed by atoms with Crippen molar-refractivity contribution in [2.45, 2.75) is 49.9 Å². The number of hydrogen-bond acceptors (Lipinski definition) is 4. The van der Waals surface area contributed by atoms with Crippen molar-refractivity contribution in [1.29, 1.82) is 0 Å². The van der Waals surface area contributed by atoms with Crippen molar-refractivity contribution in [3.05, 3.63) is 35.9 Å². The number of rotatable bonds is 3. The van der Waals surface area contributed by atoms with Crippen molar-refractivity contribution >= 4 is 0 Å². The molecule has 122 valence electrons. The molecule has 0 bridgehead atoms. The van der Waals surface area contributed by atoms with Gasteiger partial charge in [0.25, 0.3) is 0 Å². The summed E-state index contributed by atoms with van der Waals surface area (Å²) in [6, 6.07) is 10.7. The number of nitrogens with zero attached hydrogens (tertiary/aromatic N) is 1. The normalized spacial score (nSPS) is 37.1. The minimum absolute atomic E-state index is 0.469. The first-order chi connectivity index (χ1) is 10.6. The zero-order chi connectivity index (χ0) is 15.5. The Hall–Kier alpha value is -0.940. The van der Waals surface area contributed by atoms with E-state index in [9.17, 15) is 15.3 Å². The predicted molar refractivity (Wildman–Crippen MR) is 85.6 cm³/mol. The van der Waals surface area contributed by atoms with Gasteiger partial charge < -0.3 is 15.3 Å². The van der Waals surface area contributed by atoms with Crippen molar-refractivity contribution in [3.63, 3.8) is 0 Å². The largest absolute Gasteiger partial charge is 0.389 e. The molecule has 22 heavy (non-hydrogen) atoms. The molecule has 4 nitrogen and oxygen atoms in total. The second-order valence-corrected chi connectivity index (χ2v) is 6.97. The SMILES string of the molecule is OC1[C@H](O)CN(CC2CCC(c3ccccc3)CC2)C[C@@H]1O. The second-order valence-electron chi connectivity index (χ2n) is 6.97. The fourth-order valence-electron chi connectivity index (χ4n) is 3.99. The summed E-state index contributed by atoms with van der Waals surface area (Å²) in [6.07, 6.45) is 2.18. The van der Waals surface area contributed by atoms with Gasteiger partial charge in [-0.3, -0.25) is 4.90 Å². The van der Waals surface area contributed by atoms with Crippen LogP contribution in [0, 0.1) is 5.92 Å². The number of benzene rings is 1. The maximum absolute atomic E-state index is 9.79. The van der Waals surface area contributed by atoms with E-state index in [1.807, 2.05) is 0 Å². The number of aliphatic hydroxyl groups is 3. The lowest BCUT2D eigenvalue weighted by atomic mass is 9.78. The van der Waals surface area contributed by atoms with Crippen LogP contribution in [0.1, 0.15) is 37.2 Å². The van der Waals surface area contributed by atoms with E-state index in [2.05, 4.69) is 35.2 Å². The van der Waals surface area contributed by atoms with Crippen LogP contribution in [0.5, 0.6) is 0 Å². The van der Waals surface area contributed by atoms with Crippen LogP contribution in [0.4, 0.5) is 0 Å². The van der Waals surface area contributed by atoms with Crippen molar-refractivity contribution in [2.24, 2.45) is 5.92 Å². The molecule has 0 radical (unpaired) electrons. The van der Waals surface area contributed by atoms with Crippen LogP contribution in [-0.4, -0.2) is 58.2 Å². The third kappa shape index (κ3) is 3.69. The first-order valence-corrected chi connectivity index (χ1v) is 8.45. The first-order valence-electron chi connectivity index (χ1n) is 8.45. The second kappa shape index (κ2) is 7.09. The minimum Gasteiger partial charge on any atom is -0.389 e. The highest BCUT2D eigenvalue weighted by Crippen LogP contribution is 2.36. The number of likely N-dealkylation sites (tertiary alicyclic amines) is 1. The standard InChI is InChI=1S/C18H27NO3/c20-16-11-19(12-17(21)18(16)22)10-13-6-8-15(9-7-13)14-4-2-1-3-5-14/h1-5,13,15-18,20-22H,6-12H2/t13?,15?,16-,17+,18?. The Labute approximate surface area is 132 Å². The molecular weight excluding hydrogens is 278 g/mol. The summed E-state index contributed by atoms with van der Waals surface area (Å²) in [4.78, 5) is 2.11. The van der Waals surface area contributed by atoms with Gasteiger partial charge in [-0.05, 0) is 43.1 Å². The van der Waals surface area contributed by atoms with E-state index in [1.165, 1.54) is 31.2 Å². The molecule has 4 heteroatoms. The molecule has 1 heterocycles. The van der Waals surface area contributed by atoms with Crippen LogP contribution in [0.25, 0.3) is 0 Å². The lowest BCUT2D eigenvalue weighted by molar-refractivity contribution is -0.112. The Morgan fingerprint density at radius 2 is 1.45 bits per heavy atom. The molecule has 2 aliphatic rings. The van der Waals surface area contributed by atoms with E-state index in [0.29, 0.717) is 24.9 Å². The van der Waals surface area contributed by atoms with Crippen LogP contribution in [-0.2, 0) is 0 Å². The highest BCUT2D eigenvalue weighted by molar-refractivity contribution is 5.19. The molecule has 3 atom stereocenters. The third-order valence-electron chi connectivity index (χ3n) is 5.31. The van der Waals surface area contributed by atoms with Gasteiger partial charge in [0, 0.05) is 19.6 Å². The van der Waals surface area contributed by atoms with Gasteiger partial charge in [-0.1, -0.05) is 30.3 Å². The summed E-state index contributed by atoms with van der Waals surface area (Å²) >= 11 is 0. The van der Waals surface area contributed by atoms with Gasteiger partial charge in [0.15, 0.2) is 0 Å². The minimum atomic E-state index is -0.995. The lowest BCUT2D eigenvalue weighted by Crippen LogP contribution is -2.56. The van der Waals surface area contributed by atoms with E-state index in [1.54, 1.807) is 0 Å². The van der Waals surface area contributed by atoms with Crippen LogP contribution < -0.4 is 0 Å². The zero-order valence-electron chi connectivity index (χ0n) is 13.0. The topological polar surface area (TPSA) is 63.9 Å². The monoisotopic (exact) mass is 305 g/mol. The van der Waals surface area contributed by atoms with Gasteiger partial charge in [0.05, 0.1) is 12.2 Å². The van der Waals surface area contributed by atoms with Gasteiger partial charge in [0.2, 0.25) is 0 Å². The summed E-state index contributed by atoms with van der Waals surface area (Å²) < 4.78 is 0. The number of hydrogen-bond donors (Lipinski definition) is 3. The summed E-state index contributed by atoms with van der Waals surface area (Å²) in [5, 5.41) is 29.2. The lowest BCUT2D eigenvalue weighted by Gasteiger charge is -2.39. The van der Waals surface area contributed by atoms with Crippen molar-refractivity contribution in [3.8, 4) is 0 Å². The molecule has 1 aliphatic carbocycles. The zero-order valence-corrected chi connectivity index (χ0v) is 13.0. The molecule has 2 fully saturated rings. The Kier molecular flexibility index (Phi) is 5.14. The molecule has 3 rings (SSSR count). The summed E-state index contributed by atoms with van der Waals surface area (Å²) in [5.41, 5.74) is 1.45. The van der Waals surface area contributed by atoms with Gasteiger partial charge in [-0.2, -0.15) is 0 Å². The molecular formula is C18H27NO3. The smallest absolute Gasteiger partial charge is 0.108 e. The van der Waals surface area contributed by atoms with Crippen LogP contribution in [0.15, 0.2) is 30.3 Å². The molecule has 1 aliphatic heterocycles. The van der Waals surface area contributed by atoms with Gasteiger partial charge in [-0.25, -0.2) is 0 Å². The quantitative estimate of drug-likeness (QED) is 0.789. The van der Waals surface area contributed by atoms with E-state index in [-0.39, 0.29) is 0 Å². The predicted octanol–water partition coefficient (Wildman–Crippen LogP) is 1.36. The molecule has 0 spiro atoms. The van der Waals surface area contributed by atoms with Gasteiger partial charge >= 0.3 is 0 Å². The summed E-state index contributed by atoms with van der Waals surface area (Å²) in [7, 11) is 0. The Balaban J connectivity index is 1.48. The highest BCUT2D eigenvalue weighted by Gasteiger charge is 2.34. The average Bonchev–Trinajstić information content (AvgIpc) is 2.54. The van der Waals surface area contributed by atoms with Crippen LogP contribution in [0.2, 0.25) is 0 Å². The maximum atomic E-state index is 9.79. The first kappa shape index (κ1) is 15.9. The average molecular weight is 305 g/mol. The molecule has 1 unspecified atom stereocenters. The Bertz CT molecular complexity index is 447. The molecule has 0 amide bonds. The van der Waals surface area contributed by atoms with E-state index in [0.717, 1.165) is 6.54 Å². The van der Waals surface area contributed by atoms with E-state index < -0.39 is 18.3 Å². The van der Waals surface area contributed by atoms with Crippen LogP contribution in [0.3, 0.4) is 0 Å². The molecule has 1 saturated heterocycles. The molecule has 1 saturated carbocycles. The molecule has 1 aromatic carbocycles. The Morgan fingerprint density at radius 1 is 0.864 bits per heavy atom. The fraction of sp³-hybridized carbons (Fsp3) is 0.667. The highest BCUT2D eigenvalue weighted by atomic mass is 16.4. The number of β-amino-alcohol motifs (C(OH)–C–C–N with tert-alkyl or cyclic N) is 2. The summed E-state index contributed by atoms with van der Waals surface area (Å²) in [5.74, 6) is 1.31. The van der Waals surface area contributed by atoms with Gasteiger partial charge in [0.1, 0.15) is 6.10 Å². The van der Waals surface area contributed by atoms with E-state index in [4.69, 9.17) is 0 Å². The van der Waals surface area contributed by atoms with Crippen molar-refractivity contribution in [1.82, 2.24) is 4.90 Å². The molecule has 0 aromatic heterocycles. The van der Waals surface area contributed by atoms with Gasteiger partial charge in [-0.15, -0.1) is 0 Å². The summed E-state index contributed by atoms with van der Waals surface area (Å²) in [6.45, 7) is 1.86. The van der Waals surface area contributed by atoms with Crippen molar-refractivity contribution in [2.75, 3.05) is 19.6 Å². The fourth-order valence-corrected chi connectivity index (χ4v) is 3.99. The Morgan fingerprint density at radius 3 is 2.05 bits per heavy atom. The van der Waals surface area contributed by atoms with E-state index >= 15 is 0 Å². The third-order valence-corrected chi connectivity index (χ3v) is 5.31. The molecule has 1 aromatic rings. The molecule has 3 N–H and O–H groups in total. The number of aliphatic hydroxyl groups excluding tert-OH is 3. The number of piperidine rings is 1. The maximum Gasteiger partial charge on any atom is 0.108 e.